The first-order chi connectivity index (χ1) is 20.1. The number of aryl methyl sites for hydroxylation is 1. The SMILES string of the molecule is CC(C)(C)CNC(=O)C[C@H](NC(=O)CN1CCCCC1)C(=O)N[C@@H](CCc1ccccc1)C(=O)NCc1ccccc1. The summed E-state index contributed by atoms with van der Waals surface area (Å²) in [5.74, 6) is -1.52. The monoisotopic (exact) mass is 577 g/mol. The summed E-state index contributed by atoms with van der Waals surface area (Å²) in [7, 11) is 0. The van der Waals surface area contributed by atoms with Gasteiger partial charge in [0.2, 0.25) is 23.6 Å². The number of piperidine rings is 1. The molecule has 1 heterocycles. The first-order valence-electron chi connectivity index (χ1n) is 15.0. The quantitative estimate of drug-likeness (QED) is 0.275. The fourth-order valence-corrected chi connectivity index (χ4v) is 4.80. The molecule has 1 aliphatic heterocycles. The Bertz CT molecular complexity index is 1140. The van der Waals surface area contributed by atoms with Crippen LogP contribution < -0.4 is 21.3 Å². The molecule has 1 saturated heterocycles. The van der Waals surface area contributed by atoms with E-state index in [9.17, 15) is 19.2 Å². The van der Waals surface area contributed by atoms with Crippen LogP contribution in [0.4, 0.5) is 0 Å². The van der Waals surface area contributed by atoms with E-state index in [0.717, 1.165) is 43.5 Å². The molecular formula is C33H47N5O4. The van der Waals surface area contributed by atoms with Gasteiger partial charge in [0, 0.05) is 13.1 Å². The van der Waals surface area contributed by atoms with Crippen LogP contribution in [0.25, 0.3) is 0 Å². The van der Waals surface area contributed by atoms with E-state index < -0.39 is 18.0 Å². The molecule has 0 spiro atoms. The molecule has 0 aliphatic carbocycles. The Kier molecular flexibility index (Phi) is 13.0. The minimum Gasteiger partial charge on any atom is -0.355 e. The second-order valence-electron chi connectivity index (χ2n) is 12.3. The highest BCUT2D eigenvalue weighted by molar-refractivity contribution is 5.95. The second kappa shape index (κ2) is 16.7. The third-order valence-electron chi connectivity index (χ3n) is 7.18. The molecule has 3 rings (SSSR count). The number of carbonyl (C=O) groups is 4. The number of nitrogens with one attached hydrogen (secondary N) is 4. The topological polar surface area (TPSA) is 120 Å². The van der Waals surface area contributed by atoms with Gasteiger partial charge in [-0.15, -0.1) is 0 Å². The van der Waals surface area contributed by atoms with Crippen molar-refractivity contribution >= 4 is 23.6 Å². The zero-order valence-corrected chi connectivity index (χ0v) is 25.3. The average Bonchev–Trinajstić information content (AvgIpc) is 2.97. The Labute approximate surface area is 250 Å². The summed E-state index contributed by atoms with van der Waals surface area (Å²) < 4.78 is 0. The maximum atomic E-state index is 13.6. The second-order valence-corrected chi connectivity index (χ2v) is 12.3. The lowest BCUT2D eigenvalue weighted by molar-refractivity contribution is -0.134. The molecule has 0 bridgehead atoms. The first-order valence-corrected chi connectivity index (χ1v) is 15.0. The summed E-state index contributed by atoms with van der Waals surface area (Å²) in [4.78, 5) is 54.8. The molecule has 2 aromatic rings. The molecule has 0 aromatic heterocycles. The minimum absolute atomic E-state index is 0.135. The lowest BCUT2D eigenvalue weighted by Crippen LogP contribution is -2.56. The number of rotatable bonds is 14. The molecule has 9 nitrogen and oxygen atoms in total. The Balaban J connectivity index is 1.71. The van der Waals surface area contributed by atoms with Crippen LogP contribution in [-0.2, 0) is 32.1 Å². The van der Waals surface area contributed by atoms with Gasteiger partial charge in [-0.1, -0.05) is 87.9 Å². The van der Waals surface area contributed by atoms with Crippen molar-refractivity contribution in [2.75, 3.05) is 26.2 Å². The van der Waals surface area contributed by atoms with Crippen molar-refractivity contribution in [2.24, 2.45) is 5.41 Å². The fraction of sp³-hybridized carbons (Fsp3) is 0.515. The summed E-state index contributed by atoms with van der Waals surface area (Å²) in [6.45, 7) is 8.60. The highest BCUT2D eigenvalue weighted by Crippen LogP contribution is 2.12. The van der Waals surface area contributed by atoms with Gasteiger partial charge in [-0.2, -0.15) is 0 Å². The standard InChI is InChI=1S/C33H47N5O4/c1-33(2,3)24-35-29(39)21-28(36-30(40)23-38-19-11-6-12-20-38)32(42)37-27(18-17-25-13-7-4-8-14-25)31(41)34-22-26-15-9-5-10-16-26/h4-5,7-10,13-16,27-28H,6,11-12,17-24H2,1-3H3,(H,34,41)(H,35,39)(H,36,40)(H,37,42)/t27-,28-/m0/s1. The normalized spacial score (nSPS) is 15.2. The number of nitrogens with zero attached hydrogens (tertiary/aromatic N) is 1. The van der Waals surface area contributed by atoms with E-state index >= 15 is 0 Å². The van der Waals surface area contributed by atoms with Crippen LogP contribution >= 0.6 is 0 Å². The molecule has 2 atom stereocenters. The predicted octanol–water partition coefficient (Wildman–Crippen LogP) is 2.94. The summed E-state index contributed by atoms with van der Waals surface area (Å²) in [6.07, 6.45) is 3.93. The molecule has 2 aromatic carbocycles. The van der Waals surface area contributed by atoms with E-state index in [4.69, 9.17) is 0 Å². The Morgan fingerprint density at radius 1 is 0.738 bits per heavy atom. The smallest absolute Gasteiger partial charge is 0.243 e. The maximum absolute atomic E-state index is 13.6. The molecule has 1 aliphatic rings. The fourth-order valence-electron chi connectivity index (χ4n) is 4.80. The Morgan fingerprint density at radius 2 is 1.36 bits per heavy atom. The van der Waals surface area contributed by atoms with Crippen molar-refractivity contribution in [2.45, 2.75) is 77.9 Å². The third kappa shape index (κ3) is 12.4. The molecule has 42 heavy (non-hydrogen) atoms. The van der Waals surface area contributed by atoms with Gasteiger partial charge >= 0.3 is 0 Å². The van der Waals surface area contributed by atoms with Crippen LogP contribution in [0.15, 0.2) is 60.7 Å². The van der Waals surface area contributed by atoms with Crippen molar-refractivity contribution in [1.82, 2.24) is 26.2 Å². The molecule has 9 heteroatoms. The van der Waals surface area contributed by atoms with E-state index in [0.29, 0.717) is 25.9 Å². The molecule has 4 N–H and O–H groups in total. The Hall–Kier alpha value is -3.72. The molecule has 0 saturated carbocycles. The summed E-state index contributed by atoms with van der Waals surface area (Å²) >= 11 is 0. The number of carbonyl (C=O) groups excluding carboxylic acids is 4. The average molecular weight is 578 g/mol. The van der Waals surface area contributed by atoms with Crippen molar-refractivity contribution < 1.29 is 19.2 Å². The molecule has 228 valence electrons. The molecule has 0 unspecified atom stereocenters. The number of hydrogen-bond acceptors (Lipinski definition) is 5. The number of amides is 4. The predicted molar refractivity (Wildman–Crippen MR) is 164 cm³/mol. The highest BCUT2D eigenvalue weighted by atomic mass is 16.2. The van der Waals surface area contributed by atoms with Crippen LogP contribution in [0.5, 0.6) is 0 Å². The van der Waals surface area contributed by atoms with Crippen molar-refractivity contribution in [3.05, 3.63) is 71.8 Å². The highest BCUT2D eigenvalue weighted by Gasteiger charge is 2.29. The molecule has 0 radical (unpaired) electrons. The van der Waals surface area contributed by atoms with E-state index in [2.05, 4.69) is 26.2 Å². The van der Waals surface area contributed by atoms with Crippen LogP contribution in [-0.4, -0.2) is 66.8 Å². The van der Waals surface area contributed by atoms with Crippen LogP contribution in [0, 0.1) is 5.41 Å². The van der Waals surface area contributed by atoms with Crippen LogP contribution in [0.2, 0.25) is 0 Å². The summed E-state index contributed by atoms with van der Waals surface area (Å²) in [6, 6.07) is 17.3. The molecule has 4 amide bonds. The number of likely N-dealkylation sites (tertiary alicyclic amines) is 1. The largest absolute Gasteiger partial charge is 0.355 e. The van der Waals surface area contributed by atoms with E-state index in [1.807, 2.05) is 81.4 Å². The van der Waals surface area contributed by atoms with Crippen LogP contribution in [0.1, 0.15) is 64.0 Å². The summed E-state index contributed by atoms with van der Waals surface area (Å²) in [5.41, 5.74) is 1.85. The van der Waals surface area contributed by atoms with Gasteiger partial charge in [0.25, 0.3) is 0 Å². The van der Waals surface area contributed by atoms with E-state index in [1.165, 1.54) is 0 Å². The van der Waals surface area contributed by atoms with Crippen molar-refractivity contribution in [1.29, 1.82) is 0 Å². The first kappa shape index (κ1) is 32.8. The van der Waals surface area contributed by atoms with E-state index in [-0.39, 0.29) is 36.1 Å². The maximum Gasteiger partial charge on any atom is 0.243 e. The van der Waals surface area contributed by atoms with E-state index in [1.54, 1.807) is 0 Å². The molecule has 1 fully saturated rings. The summed E-state index contributed by atoms with van der Waals surface area (Å²) in [5, 5.41) is 11.4. The van der Waals surface area contributed by atoms with Crippen molar-refractivity contribution in [3.8, 4) is 0 Å². The number of benzene rings is 2. The molecular weight excluding hydrogens is 530 g/mol. The van der Waals surface area contributed by atoms with Gasteiger partial charge in [-0.05, 0) is 55.3 Å². The Morgan fingerprint density at radius 3 is 1.98 bits per heavy atom. The lowest BCUT2D eigenvalue weighted by Gasteiger charge is -2.27. The number of hydrogen-bond donors (Lipinski definition) is 4. The minimum atomic E-state index is -1.11. The van der Waals surface area contributed by atoms with Crippen LogP contribution in [0.3, 0.4) is 0 Å². The van der Waals surface area contributed by atoms with Gasteiger partial charge in [-0.25, -0.2) is 0 Å². The van der Waals surface area contributed by atoms with Gasteiger partial charge in [0.1, 0.15) is 12.1 Å². The lowest BCUT2D eigenvalue weighted by atomic mass is 9.97. The van der Waals surface area contributed by atoms with Gasteiger partial charge < -0.3 is 21.3 Å². The third-order valence-corrected chi connectivity index (χ3v) is 7.18. The zero-order chi connectivity index (χ0) is 30.4. The van der Waals surface area contributed by atoms with Gasteiger partial charge in [0.05, 0.1) is 13.0 Å². The van der Waals surface area contributed by atoms with Gasteiger partial charge in [-0.3, -0.25) is 24.1 Å². The van der Waals surface area contributed by atoms with Crippen molar-refractivity contribution in [3.63, 3.8) is 0 Å². The zero-order valence-electron chi connectivity index (χ0n) is 25.3. The van der Waals surface area contributed by atoms with Gasteiger partial charge in [0.15, 0.2) is 0 Å².